The second-order valence-corrected chi connectivity index (χ2v) is 6.17. The fourth-order valence-electron chi connectivity index (χ4n) is 3.65. The molecule has 0 saturated carbocycles. The Hall–Kier alpha value is -2.83. The number of ether oxygens (including phenoxy) is 1. The van der Waals surface area contributed by atoms with Gasteiger partial charge in [0, 0.05) is 22.2 Å². The number of aromatic nitrogens is 1. The van der Waals surface area contributed by atoms with E-state index in [9.17, 15) is 4.79 Å². The maximum Gasteiger partial charge on any atom is 0.251 e. The van der Waals surface area contributed by atoms with Crippen LogP contribution in [0.4, 0.5) is 0 Å². The zero-order valence-electron chi connectivity index (χ0n) is 13.9. The predicted molar refractivity (Wildman–Crippen MR) is 96.1 cm³/mol. The van der Waals surface area contributed by atoms with E-state index in [1.165, 1.54) is 0 Å². The average Bonchev–Trinajstić information content (AvgIpc) is 3.05. The SMILES string of the molecule is COc1ccccc1[C@@H]1N[C@@H](C(=O)NN)Cc2c1[nH]c1ccccc21. The van der Waals surface area contributed by atoms with Crippen LogP contribution < -0.4 is 21.3 Å². The Bertz CT molecular complexity index is 934. The number of carbonyl (C=O) groups is 1. The summed E-state index contributed by atoms with van der Waals surface area (Å²) in [5.74, 6) is 5.93. The van der Waals surface area contributed by atoms with Gasteiger partial charge in [-0.1, -0.05) is 36.4 Å². The van der Waals surface area contributed by atoms with Crippen LogP contribution in [0.3, 0.4) is 0 Å². The lowest BCUT2D eigenvalue weighted by Gasteiger charge is -2.31. The van der Waals surface area contributed by atoms with Gasteiger partial charge in [-0.05, 0) is 24.1 Å². The largest absolute Gasteiger partial charge is 0.496 e. The molecule has 1 aliphatic rings. The van der Waals surface area contributed by atoms with E-state index in [-0.39, 0.29) is 11.9 Å². The van der Waals surface area contributed by atoms with Crippen molar-refractivity contribution in [1.82, 2.24) is 15.7 Å². The van der Waals surface area contributed by atoms with Crippen molar-refractivity contribution in [3.8, 4) is 5.75 Å². The van der Waals surface area contributed by atoms with Gasteiger partial charge in [-0.15, -0.1) is 0 Å². The fraction of sp³-hybridized carbons (Fsp3) is 0.211. The van der Waals surface area contributed by atoms with Gasteiger partial charge >= 0.3 is 0 Å². The lowest BCUT2D eigenvalue weighted by Crippen LogP contribution is -2.51. The number of aromatic amines is 1. The van der Waals surface area contributed by atoms with Gasteiger partial charge in [0.15, 0.2) is 0 Å². The molecule has 5 N–H and O–H groups in total. The first-order valence-electron chi connectivity index (χ1n) is 8.22. The lowest BCUT2D eigenvalue weighted by molar-refractivity contribution is -0.123. The van der Waals surface area contributed by atoms with Gasteiger partial charge in [-0.25, -0.2) is 5.84 Å². The van der Waals surface area contributed by atoms with E-state index in [2.05, 4.69) is 21.8 Å². The highest BCUT2D eigenvalue weighted by Gasteiger charge is 2.34. The Morgan fingerprint density at radius 3 is 2.76 bits per heavy atom. The maximum absolute atomic E-state index is 12.2. The highest BCUT2D eigenvalue weighted by atomic mass is 16.5. The second-order valence-electron chi connectivity index (χ2n) is 6.17. The molecule has 0 unspecified atom stereocenters. The highest BCUT2D eigenvalue weighted by Crippen LogP contribution is 2.38. The summed E-state index contributed by atoms with van der Waals surface area (Å²) in [5.41, 5.74) is 6.50. The van der Waals surface area contributed by atoms with E-state index in [4.69, 9.17) is 10.6 Å². The number of rotatable bonds is 3. The molecule has 0 bridgehead atoms. The Morgan fingerprint density at radius 1 is 1.20 bits per heavy atom. The molecule has 128 valence electrons. The molecule has 1 amide bonds. The minimum Gasteiger partial charge on any atom is -0.496 e. The third-order valence-corrected chi connectivity index (χ3v) is 4.82. The smallest absolute Gasteiger partial charge is 0.251 e. The Kier molecular flexibility index (Phi) is 3.91. The van der Waals surface area contributed by atoms with Crippen molar-refractivity contribution in [3.63, 3.8) is 0 Å². The number of fused-ring (bicyclic) bond motifs is 3. The summed E-state index contributed by atoms with van der Waals surface area (Å²) < 4.78 is 5.53. The molecule has 1 aromatic heterocycles. The first kappa shape index (κ1) is 15.7. The Morgan fingerprint density at radius 2 is 1.96 bits per heavy atom. The van der Waals surface area contributed by atoms with E-state index in [1.807, 2.05) is 42.5 Å². The average molecular weight is 336 g/mol. The zero-order chi connectivity index (χ0) is 17.4. The number of hydrogen-bond acceptors (Lipinski definition) is 4. The summed E-state index contributed by atoms with van der Waals surface area (Å²) in [6.07, 6.45) is 0.577. The molecule has 1 aliphatic heterocycles. The highest BCUT2D eigenvalue weighted by molar-refractivity contribution is 5.88. The van der Waals surface area contributed by atoms with Crippen LogP contribution >= 0.6 is 0 Å². The van der Waals surface area contributed by atoms with Crippen molar-refractivity contribution in [1.29, 1.82) is 0 Å². The minimum absolute atomic E-state index is 0.186. The van der Waals surface area contributed by atoms with Crippen LogP contribution in [-0.4, -0.2) is 24.0 Å². The van der Waals surface area contributed by atoms with Gasteiger partial charge in [0.05, 0.1) is 19.2 Å². The van der Waals surface area contributed by atoms with Gasteiger partial charge in [-0.3, -0.25) is 15.5 Å². The molecule has 2 heterocycles. The van der Waals surface area contributed by atoms with Crippen LogP contribution in [0.15, 0.2) is 48.5 Å². The van der Waals surface area contributed by atoms with Crippen LogP contribution in [0.2, 0.25) is 0 Å². The van der Waals surface area contributed by atoms with E-state index < -0.39 is 6.04 Å². The molecule has 4 rings (SSSR count). The number of nitrogens with two attached hydrogens (primary N) is 1. The molecule has 2 aromatic carbocycles. The van der Waals surface area contributed by atoms with Crippen molar-refractivity contribution >= 4 is 16.8 Å². The van der Waals surface area contributed by atoms with Crippen molar-refractivity contribution < 1.29 is 9.53 Å². The number of carbonyl (C=O) groups excluding carboxylic acids is 1. The number of hydrazine groups is 1. The third-order valence-electron chi connectivity index (χ3n) is 4.82. The summed E-state index contributed by atoms with van der Waals surface area (Å²) in [4.78, 5) is 15.7. The van der Waals surface area contributed by atoms with Crippen molar-refractivity contribution in [3.05, 3.63) is 65.4 Å². The predicted octanol–water partition coefficient (Wildman–Crippen LogP) is 1.77. The summed E-state index contributed by atoms with van der Waals surface area (Å²) in [6.45, 7) is 0. The number of methoxy groups -OCH3 is 1. The van der Waals surface area contributed by atoms with E-state index in [1.54, 1.807) is 7.11 Å². The number of H-pyrrole nitrogens is 1. The quantitative estimate of drug-likeness (QED) is 0.333. The first-order valence-corrected chi connectivity index (χ1v) is 8.22. The molecule has 0 saturated heterocycles. The zero-order valence-corrected chi connectivity index (χ0v) is 13.9. The van der Waals surface area contributed by atoms with Crippen molar-refractivity contribution in [2.75, 3.05) is 7.11 Å². The van der Waals surface area contributed by atoms with Crippen molar-refractivity contribution in [2.45, 2.75) is 18.5 Å². The van der Waals surface area contributed by atoms with Crippen LogP contribution in [0.25, 0.3) is 10.9 Å². The number of nitrogens with one attached hydrogen (secondary N) is 3. The summed E-state index contributed by atoms with van der Waals surface area (Å²) >= 11 is 0. The molecule has 0 fully saturated rings. The summed E-state index contributed by atoms with van der Waals surface area (Å²) in [7, 11) is 1.65. The fourth-order valence-corrected chi connectivity index (χ4v) is 3.65. The molecule has 0 radical (unpaired) electrons. The molecule has 2 atom stereocenters. The number of benzene rings is 2. The summed E-state index contributed by atoms with van der Waals surface area (Å²) in [5, 5.41) is 4.54. The van der Waals surface area contributed by atoms with E-state index >= 15 is 0 Å². The van der Waals surface area contributed by atoms with Crippen LogP contribution in [-0.2, 0) is 11.2 Å². The lowest BCUT2D eigenvalue weighted by atomic mass is 9.89. The first-order chi connectivity index (χ1) is 12.2. The second kappa shape index (κ2) is 6.23. The topological polar surface area (TPSA) is 92.2 Å². The van der Waals surface area contributed by atoms with Crippen LogP contribution in [0.1, 0.15) is 22.9 Å². The molecule has 6 heteroatoms. The standard InChI is InChI=1S/C19H20N4O2/c1-25-16-9-5-3-7-12(16)17-18-13(10-15(22-17)19(24)23-20)11-6-2-4-8-14(11)21-18/h2-9,15,17,21-22H,10,20H2,1H3,(H,23,24)/t15-,17+/m1/s1. The minimum atomic E-state index is -0.411. The van der Waals surface area contributed by atoms with Gasteiger partial charge in [-0.2, -0.15) is 0 Å². The maximum atomic E-state index is 12.2. The summed E-state index contributed by atoms with van der Waals surface area (Å²) in [6, 6.07) is 15.4. The molecule has 0 spiro atoms. The molecular weight excluding hydrogens is 316 g/mol. The van der Waals surface area contributed by atoms with Gasteiger partial charge in [0.2, 0.25) is 0 Å². The van der Waals surface area contributed by atoms with E-state index in [0.717, 1.165) is 33.5 Å². The Labute approximate surface area is 145 Å². The van der Waals surface area contributed by atoms with E-state index in [0.29, 0.717) is 6.42 Å². The Balaban J connectivity index is 1.90. The van der Waals surface area contributed by atoms with Gasteiger partial charge in [0.1, 0.15) is 5.75 Å². The molecular formula is C19H20N4O2. The van der Waals surface area contributed by atoms with Gasteiger partial charge in [0.25, 0.3) is 5.91 Å². The monoisotopic (exact) mass is 336 g/mol. The third kappa shape index (κ3) is 2.56. The molecule has 6 nitrogen and oxygen atoms in total. The normalized spacial score (nSPS) is 19.4. The van der Waals surface area contributed by atoms with Crippen molar-refractivity contribution in [2.24, 2.45) is 5.84 Å². The molecule has 3 aromatic rings. The van der Waals surface area contributed by atoms with Gasteiger partial charge < -0.3 is 9.72 Å². The molecule has 0 aliphatic carbocycles. The molecule has 25 heavy (non-hydrogen) atoms. The number of hydrogen-bond donors (Lipinski definition) is 4. The van der Waals surface area contributed by atoms with Crippen LogP contribution in [0.5, 0.6) is 5.75 Å². The number of para-hydroxylation sites is 2. The number of amides is 1. The van der Waals surface area contributed by atoms with Crippen LogP contribution in [0, 0.1) is 0 Å².